The zero-order valence-corrected chi connectivity index (χ0v) is 23.2. The molecule has 7 heteroatoms. The van der Waals surface area contributed by atoms with E-state index in [1.807, 2.05) is 20.8 Å². The van der Waals surface area contributed by atoms with Crippen LogP contribution in [-0.4, -0.2) is 35.0 Å². The number of nitrogens with zero attached hydrogens (tertiary/aromatic N) is 2. The number of likely N-dealkylation sites (N-methyl/N-ethyl adjacent to an activating group) is 1. The van der Waals surface area contributed by atoms with Crippen LogP contribution in [0.5, 0.6) is 0 Å². The van der Waals surface area contributed by atoms with Crippen LogP contribution in [0.3, 0.4) is 0 Å². The lowest BCUT2D eigenvalue weighted by molar-refractivity contribution is -0.137. The lowest BCUT2D eigenvalue weighted by Crippen LogP contribution is -2.47. The fourth-order valence-electron chi connectivity index (χ4n) is 4.90. The number of hydrogen-bond acceptors (Lipinski definition) is 2. The van der Waals surface area contributed by atoms with Crippen molar-refractivity contribution in [3.05, 3.63) is 71.2 Å². The number of allylic oxidation sites excluding steroid dienone is 3. The minimum absolute atomic E-state index is 0.0630. The molecule has 1 fully saturated rings. The van der Waals surface area contributed by atoms with Gasteiger partial charge in [-0.2, -0.15) is 13.2 Å². The van der Waals surface area contributed by atoms with Crippen LogP contribution in [0.1, 0.15) is 84.3 Å². The summed E-state index contributed by atoms with van der Waals surface area (Å²) in [5.74, 6) is 0.324. The van der Waals surface area contributed by atoms with Crippen LogP contribution in [-0.2, 0) is 12.6 Å². The SMILES string of the molecule is C=C(C)NC1CCCCC1.C=C1C(CCc2ccc(C(F)(F)F)cc2)=C(C)N(CC(C)C)C(=O)N1CC. The van der Waals surface area contributed by atoms with Gasteiger partial charge >= 0.3 is 12.2 Å². The van der Waals surface area contributed by atoms with Crippen molar-refractivity contribution < 1.29 is 18.0 Å². The van der Waals surface area contributed by atoms with Gasteiger partial charge in [-0.25, -0.2) is 4.79 Å². The fraction of sp³-hybridized carbons (Fsp3) is 0.567. The first kappa shape index (κ1) is 30.5. The normalized spacial score (nSPS) is 17.2. The van der Waals surface area contributed by atoms with Crippen molar-refractivity contribution in [3.63, 3.8) is 0 Å². The topological polar surface area (TPSA) is 35.6 Å². The van der Waals surface area contributed by atoms with E-state index in [4.69, 9.17) is 0 Å². The zero-order valence-electron chi connectivity index (χ0n) is 23.2. The van der Waals surface area contributed by atoms with E-state index in [9.17, 15) is 18.0 Å². The highest BCUT2D eigenvalue weighted by Gasteiger charge is 2.32. The number of carbonyl (C=O) groups is 1. The Kier molecular flexibility index (Phi) is 11.3. The quantitative estimate of drug-likeness (QED) is 0.375. The van der Waals surface area contributed by atoms with Crippen molar-refractivity contribution in [1.82, 2.24) is 15.1 Å². The Morgan fingerprint density at radius 2 is 1.68 bits per heavy atom. The molecule has 0 atom stereocenters. The summed E-state index contributed by atoms with van der Waals surface area (Å²) >= 11 is 0. The Hall–Kier alpha value is -2.70. The number of hydrogen-bond donors (Lipinski definition) is 1. The molecule has 1 N–H and O–H groups in total. The van der Waals surface area contributed by atoms with E-state index in [2.05, 4.69) is 32.3 Å². The zero-order chi connectivity index (χ0) is 27.8. The Labute approximate surface area is 221 Å². The maximum absolute atomic E-state index is 12.7. The first-order valence-electron chi connectivity index (χ1n) is 13.4. The minimum atomic E-state index is -4.32. The second-order valence-electron chi connectivity index (χ2n) is 10.5. The fourth-order valence-corrected chi connectivity index (χ4v) is 4.90. The number of aryl methyl sites for hydroxylation is 1. The third kappa shape index (κ3) is 8.97. The first-order chi connectivity index (χ1) is 17.3. The van der Waals surface area contributed by atoms with Gasteiger partial charge in [0.2, 0.25) is 0 Å². The summed E-state index contributed by atoms with van der Waals surface area (Å²) in [6, 6.07) is 5.91. The summed E-state index contributed by atoms with van der Waals surface area (Å²) in [4.78, 5) is 16.2. The summed E-state index contributed by atoms with van der Waals surface area (Å²) in [6.45, 7) is 19.1. The molecule has 0 unspecified atom stereocenters. The molecule has 0 aromatic heterocycles. The van der Waals surface area contributed by atoms with Gasteiger partial charge in [0.25, 0.3) is 0 Å². The van der Waals surface area contributed by atoms with Crippen LogP contribution in [0, 0.1) is 5.92 Å². The summed E-state index contributed by atoms with van der Waals surface area (Å²) < 4.78 is 38.1. The number of nitrogens with one attached hydrogen (secondary N) is 1. The third-order valence-electron chi connectivity index (χ3n) is 6.84. The van der Waals surface area contributed by atoms with Crippen LogP contribution >= 0.6 is 0 Å². The van der Waals surface area contributed by atoms with E-state index < -0.39 is 11.7 Å². The average Bonchev–Trinajstić information content (AvgIpc) is 2.82. The third-order valence-corrected chi connectivity index (χ3v) is 6.84. The highest BCUT2D eigenvalue weighted by Crippen LogP contribution is 2.33. The summed E-state index contributed by atoms with van der Waals surface area (Å²) in [6.07, 6.45) is 3.78. The Balaban J connectivity index is 0.000000402. The smallest absolute Gasteiger partial charge is 0.386 e. The summed E-state index contributed by atoms with van der Waals surface area (Å²) in [5.41, 5.74) is 3.85. The largest absolute Gasteiger partial charge is 0.416 e. The average molecular weight is 520 g/mol. The standard InChI is InChI=1S/C21H27F3N2O.C9H17N/c1-6-25-15(4)19(16(5)26(20(25)27)13-14(2)3)12-9-17-7-10-18(11-8-17)21(22,23)24;1-8(2)10-9-6-4-3-5-7-9/h7-8,10-11,14H,4,6,9,12-13H2,1-3,5H3;9-10H,1,3-7H2,2H3. The lowest BCUT2D eigenvalue weighted by Gasteiger charge is -2.39. The van der Waals surface area contributed by atoms with Gasteiger partial charge in [-0.3, -0.25) is 9.80 Å². The predicted octanol–water partition coefficient (Wildman–Crippen LogP) is 8.28. The highest BCUT2D eigenvalue weighted by atomic mass is 19.4. The molecule has 1 saturated carbocycles. The molecule has 2 amide bonds. The number of alkyl halides is 3. The molecule has 1 aromatic carbocycles. The number of halogens is 3. The molecular weight excluding hydrogens is 475 g/mol. The molecule has 1 aliphatic carbocycles. The Morgan fingerprint density at radius 3 is 2.16 bits per heavy atom. The van der Waals surface area contributed by atoms with Gasteiger partial charge in [0, 0.05) is 36.2 Å². The van der Waals surface area contributed by atoms with Crippen LogP contribution in [0.25, 0.3) is 0 Å². The molecule has 0 saturated heterocycles. The molecule has 1 heterocycles. The monoisotopic (exact) mass is 519 g/mol. The van der Waals surface area contributed by atoms with Gasteiger partial charge in [-0.05, 0) is 75.6 Å². The first-order valence-corrected chi connectivity index (χ1v) is 13.4. The van der Waals surface area contributed by atoms with Gasteiger partial charge in [-0.15, -0.1) is 0 Å². The van der Waals surface area contributed by atoms with Crippen molar-refractivity contribution in [2.24, 2.45) is 5.92 Å². The number of amides is 2. The van der Waals surface area contributed by atoms with Crippen molar-refractivity contribution in [3.8, 4) is 0 Å². The molecule has 1 aromatic rings. The van der Waals surface area contributed by atoms with E-state index in [1.54, 1.807) is 9.80 Å². The Bertz CT molecular complexity index is 957. The van der Waals surface area contributed by atoms with Crippen LogP contribution < -0.4 is 5.32 Å². The van der Waals surface area contributed by atoms with Crippen molar-refractivity contribution in [2.75, 3.05) is 13.1 Å². The molecule has 0 spiro atoms. The van der Waals surface area contributed by atoms with Gasteiger partial charge in [0.05, 0.1) is 5.56 Å². The number of carbonyl (C=O) groups excluding carboxylic acids is 1. The Morgan fingerprint density at radius 1 is 1.08 bits per heavy atom. The number of urea groups is 1. The van der Waals surface area contributed by atoms with Crippen LogP contribution in [0.15, 0.2) is 60.1 Å². The number of benzene rings is 1. The molecular formula is C30H44F3N3O. The van der Waals surface area contributed by atoms with Gasteiger partial charge in [0.15, 0.2) is 0 Å². The molecule has 4 nitrogen and oxygen atoms in total. The second-order valence-corrected chi connectivity index (χ2v) is 10.5. The number of rotatable bonds is 8. The van der Waals surface area contributed by atoms with E-state index >= 15 is 0 Å². The van der Waals surface area contributed by atoms with E-state index in [0.717, 1.165) is 40.7 Å². The molecule has 206 valence electrons. The van der Waals surface area contributed by atoms with Crippen LogP contribution in [0.2, 0.25) is 0 Å². The van der Waals surface area contributed by atoms with E-state index in [0.29, 0.717) is 37.5 Å². The van der Waals surface area contributed by atoms with Crippen molar-refractivity contribution >= 4 is 6.03 Å². The lowest BCUT2D eigenvalue weighted by atomic mass is 9.95. The molecule has 2 aliphatic rings. The summed E-state index contributed by atoms with van der Waals surface area (Å²) in [7, 11) is 0. The second kappa shape index (κ2) is 13.7. The maximum atomic E-state index is 12.7. The molecule has 1 aliphatic heterocycles. The van der Waals surface area contributed by atoms with Crippen LogP contribution in [0.4, 0.5) is 18.0 Å². The minimum Gasteiger partial charge on any atom is -0.386 e. The van der Waals surface area contributed by atoms with Gasteiger partial charge in [-0.1, -0.05) is 58.4 Å². The molecule has 3 rings (SSSR count). The molecule has 37 heavy (non-hydrogen) atoms. The highest BCUT2D eigenvalue weighted by molar-refractivity contribution is 5.81. The summed E-state index contributed by atoms with van der Waals surface area (Å²) in [5, 5.41) is 3.39. The van der Waals surface area contributed by atoms with E-state index in [1.165, 1.54) is 44.2 Å². The predicted molar refractivity (Wildman–Crippen MR) is 146 cm³/mol. The molecule has 0 radical (unpaired) electrons. The molecule has 0 bridgehead atoms. The van der Waals surface area contributed by atoms with Crippen molar-refractivity contribution in [1.29, 1.82) is 0 Å². The van der Waals surface area contributed by atoms with E-state index in [-0.39, 0.29) is 6.03 Å². The maximum Gasteiger partial charge on any atom is 0.416 e. The van der Waals surface area contributed by atoms with Gasteiger partial charge < -0.3 is 5.32 Å². The van der Waals surface area contributed by atoms with Gasteiger partial charge in [0.1, 0.15) is 0 Å². The van der Waals surface area contributed by atoms with Crippen molar-refractivity contribution in [2.45, 2.75) is 91.8 Å².